The molecule has 0 amide bonds. The molecule has 3 aliphatic carbocycles. The molecule has 0 aliphatic heterocycles. The van der Waals surface area contributed by atoms with Crippen molar-refractivity contribution < 1.29 is 9.53 Å². The lowest BCUT2D eigenvalue weighted by Gasteiger charge is -2.63. The monoisotopic (exact) mass is 458 g/mol. The fourth-order valence-corrected chi connectivity index (χ4v) is 9.58. The molecule has 3 saturated carbocycles. The van der Waals surface area contributed by atoms with Crippen LogP contribution in [-0.2, 0) is 9.53 Å². The molecule has 3 aromatic carbocycles. The number of rotatable bonds is 4. The SMILES string of the molecule is CC(C)(C)OC(=O)[C@@H]1[C@@H](P(c2ccccc2)c2cccc3ccccc23)C[C@H]2C[C@@H]1C2(C)C. The summed E-state index contributed by atoms with van der Waals surface area (Å²) in [6.07, 6.45) is 2.25. The van der Waals surface area contributed by atoms with Gasteiger partial charge < -0.3 is 4.74 Å². The maximum atomic E-state index is 13.8. The minimum atomic E-state index is -0.721. The Hall–Kier alpha value is -2.18. The van der Waals surface area contributed by atoms with Gasteiger partial charge in [0.15, 0.2) is 0 Å². The van der Waals surface area contributed by atoms with E-state index in [0.29, 0.717) is 17.5 Å². The van der Waals surface area contributed by atoms with E-state index in [1.165, 1.54) is 21.4 Å². The maximum Gasteiger partial charge on any atom is 0.310 e. The lowest BCUT2D eigenvalue weighted by Crippen LogP contribution is -2.60. The topological polar surface area (TPSA) is 26.3 Å². The van der Waals surface area contributed by atoms with Crippen molar-refractivity contribution in [2.24, 2.45) is 23.2 Å². The highest BCUT2D eigenvalue weighted by Gasteiger charge is 2.61. The van der Waals surface area contributed by atoms with E-state index in [1.54, 1.807) is 0 Å². The molecule has 6 rings (SSSR count). The molecule has 0 saturated heterocycles. The summed E-state index contributed by atoms with van der Waals surface area (Å²) in [5.74, 6) is 1.01. The van der Waals surface area contributed by atoms with Crippen LogP contribution in [0.1, 0.15) is 47.5 Å². The Morgan fingerprint density at radius 3 is 2.27 bits per heavy atom. The highest BCUT2D eigenvalue weighted by molar-refractivity contribution is 7.74. The van der Waals surface area contributed by atoms with Crippen molar-refractivity contribution in [1.82, 2.24) is 0 Å². The van der Waals surface area contributed by atoms with E-state index in [2.05, 4.69) is 86.6 Å². The van der Waals surface area contributed by atoms with Crippen LogP contribution in [0.15, 0.2) is 72.8 Å². The third-order valence-electron chi connectivity index (χ3n) is 7.99. The largest absolute Gasteiger partial charge is 0.460 e. The van der Waals surface area contributed by atoms with E-state index >= 15 is 0 Å². The molecular formula is C30H35O2P. The second-order valence-electron chi connectivity index (χ2n) is 11.4. The third kappa shape index (κ3) is 4.01. The molecule has 0 heterocycles. The van der Waals surface area contributed by atoms with Gasteiger partial charge in [-0.3, -0.25) is 4.79 Å². The van der Waals surface area contributed by atoms with Crippen LogP contribution in [0.25, 0.3) is 10.8 Å². The van der Waals surface area contributed by atoms with Crippen LogP contribution >= 0.6 is 7.92 Å². The molecule has 3 heteroatoms. The van der Waals surface area contributed by atoms with Crippen LogP contribution in [0.5, 0.6) is 0 Å². The summed E-state index contributed by atoms with van der Waals surface area (Å²) in [7, 11) is -0.721. The number of carbonyl (C=O) groups is 1. The Labute approximate surface area is 199 Å². The second kappa shape index (κ2) is 8.24. The van der Waals surface area contributed by atoms with Gasteiger partial charge in [0.25, 0.3) is 0 Å². The highest BCUT2D eigenvalue weighted by atomic mass is 31.1. The number of ether oxygens (including phenoxy) is 1. The number of carbonyl (C=O) groups excluding carboxylic acids is 1. The summed E-state index contributed by atoms with van der Waals surface area (Å²) in [5.41, 5.74) is 0.0235. The van der Waals surface area contributed by atoms with Crippen molar-refractivity contribution in [3.8, 4) is 0 Å². The fraction of sp³-hybridized carbons (Fsp3) is 0.433. The summed E-state index contributed by atoms with van der Waals surface area (Å²) < 4.78 is 6.08. The molecule has 33 heavy (non-hydrogen) atoms. The molecule has 3 fully saturated rings. The molecule has 5 atom stereocenters. The van der Waals surface area contributed by atoms with Gasteiger partial charge in [0, 0.05) is 5.66 Å². The molecule has 3 aliphatic rings. The van der Waals surface area contributed by atoms with E-state index in [-0.39, 0.29) is 17.3 Å². The average Bonchev–Trinajstić information content (AvgIpc) is 2.79. The van der Waals surface area contributed by atoms with Gasteiger partial charge in [-0.15, -0.1) is 0 Å². The molecule has 1 unspecified atom stereocenters. The van der Waals surface area contributed by atoms with Crippen LogP contribution < -0.4 is 10.6 Å². The zero-order valence-electron chi connectivity index (χ0n) is 20.4. The number of hydrogen-bond acceptors (Lipinski definition) is 2. The number of fused-ring (bicyclic) bond motifs is 3. The molecule has 2 bridgehead atoms. The van der Waals surface area contributed by atoms with Crippen molar-refractivity contribution in [3.05, 3.63) is 72.8 Å². The third-order valence-corrected chi connectivity index (χ3v) is 11.0. The summed E-state index contributed by atoms with van der Waals surface area (Å²) in [5, 5.41) is 5.35. The second-order valence-corrected chi connectivity index (χ2v) is 13.8. The predicted molar refractivity (Wildman–Crippen MR) is 140 cm³/mol. The van der Waals surface area contributed by atoms with Crippen LogP contribution in [0.4, 0.5) is 0 Å². The van der Waals surface area contributed by atoms with Gasteiger partial charge >= 0.3 is 5.97 Å². The summed E-state index contributed by atoms with van der Waals surface area (Å²) in [6.45, 7) is 10.7. The molecule has 0 spiro atoms. The van der Waals surface area contributed by atoms with Crippen LogP contribution in [0, 0.1) is 23.2 Å². The molecular weight excluding hydrogens is 423 g/mol. The number of hydrogen-bond donors (Lipinski definition) is 0. The van der Waals surface area contributed by atoms with Crippen molar-refractivity contribution in [1.29, 1.82) is 0 Å². The molecule has 0 aromatic heterocycles. The van der Waals surface area contributed by atoms with Gasteiger partial charge in [0.1, 0.15) is 5.60 Å². The van der Waals surface area contributed by atoms with Gasteiger partial charge in [-0.05, 0) is 80.2 Å². The fourth-order valence-electron chi connectivity index (χ4n) is 6.25. The number of benzene rings is 3. The molecule has 0 N–H and O–H groups in total. The predicted octanol–water partition coefficient (Wildman–Crippen LogP) is 6.67. The first-order valence-electron chi connectivity index (χ1n) is 12.2. The lowest BCUT2D eigenvalue weighted by molar-refractivity contribution is -0.179. The molecule has 172 valence electrons. The van der Waals surface area contributed by atoms with Gasteiger partial charge in [0.05, 0.1) is 5.92 Å². The first-order valence-corrected chi connectivity index (χ1v) is 13.6. The van der Waals surface area contributed by atoms with Crippen molar-refractivity contribution in [3.63, 3.8) is 0 Å². The van der Waals surface area contributed by atoms with E-state index in [0.717, 1.165) is 12.8 Å². The zero-order valence-corrected chi connectivity index (χ0v) is 21.3. The number of esters is 1. The van der Waals surface area contributed by atoms with E-state index in [1.807, 2.05) is 20.8 Å². The quantitative estimate of drug-likeness (QED) is 0.323. The Morgan fingerprint density at radius 2 is 1.58 bits per heavy atom. The van der Waals surface area contributed by atoms with E-state index in [4.69, 9.17) is 4.74 Å². The summed E-state index contributed by atoms with van der Waals surface area (Å²) in [6, 6.07) is 26.3. The van der Waals surface area contributed by atoms with Gasteiger partial charge in [-0.25, -0.2) is 0 Å². The lowest BCUT2D eigenvalue weighted by atomic mass is 9.45. The first-order chi connectivity index (χ1) is 15.7. The Kier molecular flexibility index (Phi) is 5.65. The molecule has 0 radical (unpaired) electrons. The van der Waals surface area contributed by atoms with Crippen LogP contribution in [0.3, 0.4) is 0 Å². The maximum absolute atomic E-state index is 13.8. The van der Waals surface area contributed by atoms with Crippen molar-refractivity contribution in [2.45, 2.75) is 58.7 Å². The van der Waals surface area contributed by atoms with Gasteiger partial charge in [-0.1, -0.05) is 86.6 Å². The van der Waals surface area contributed by atoms with Gasteiger partial charge in [-0.2, -0.15) is 0 Å². The minimum absolute atomic E-state index is 0.00685. The average molecular weight is 459 g/mol. The Balaban J connectivity index is 1.66. The molecule has 3 aromatic rings. The summed E-state index contributed by atoms with van der Waals surface area (Å²) >= 11 is 0. The van der Waals surface area contributed by atoms with Crippen molar-refractivity contribution in [2.75, 3.05) is 0 Å². The van der Waals surface area contributed by atoms with Crippen LogP contribution in [0.2, 0.25) is 0 Å². The van der Waals surface area contributed by atoms with Crippen molar-refractivity contribution >= 4 is 35.3 Å². The molecule has 2 nitrogen and oxygen atoms in total. The first kappa shape index (κ1) is 22.6. The van der Waals surface area contributed by atoms with Gasteiger partial charge in [0.2, 0.25) is 0 Å². The Morgan fingerprint density at radius 1 is 0.909 bits per heavy atom. The highest BCUT2D eigenvalue weighted by Crippen LogP contribution is 2.67. The summed E-state index contributed by atoms with van der Waals surface area (Å²) in [4.78, 5) is 13.8. The smallest absolute Gasteiger partial charge is 0.310 e. The van der Waals surface area contributed by atoms with E-state index < -0.39 is 13.5 Å². The standard InChI is InChI=1S/C30H35O2P/c1-29(2,3)32-28(31)27-24-18-21(30(24,4)5)19-26(27)33(22-14-7-6-8-15-22)25-17-11-13-20-12-9-10-16-23(20)25/h6-17,21,24,26-27H,18-19H2,1-5H3/t21-,24+,26+,27+,33?/m1/s1. The Bertz CT molecular complexity index is 1160. The normalized spacial score (nSPS) is 26.9. The van der Waals surface area contributed by atoms with Crippen LogP contribution in [-0.4, -0.2) is 17.2 Å². The minimum Gasteiger partial charge on any atom is -0.460 e. The van der Waals surface area contributed by atoms with E-state index in [9.17, 15) is 4.79 Å². The zero-order chi connectivity index (χ0) is 23.4.